The molecule has 0 aliphatic heterocycles. The van der Waals surface area contributed by atoms with Crippen LogP contribution in [0.3, 0.4) is 0 Å². The number of rotatable bonds is 7. The van der Waals surface area contributed by atoms with Crippen molar-refractivity contribution >= 4 is 6.09 Å². The van der Waals surface area contributed by atoms with Crippen LogP contribution < -0.4 is 0 Å². The second-order valence-corrected chi connectivity index (χ2v) is 7.30. The van der Waals surface area contributed by atoms with E-state index in [9.17, 15) is 4.79 Å². The largest absolute Gasteiger partial charge is 0.444 e. The van der Waals surface area contributed by atoms with Crippen LogP contribution in [0.4, 0.5) is 4.79 Å². The minimum absolute atomic E-state index is 0.238. The summed E-state index contributed by atoms with van der Waals surface area (Å²) in [6.45, 7) is 10.7. The fraction of sp³-hybridized carbons (Fsp3) is 0.833. The van der Waals surface area contributed by atoms with E-state index in [4.69, 9.17) is 9.47 Å². The fourth-order valence-corrected chi connectivity index (χ4v) is 2.37. The number of unbranched alkanes of at least 4 members (excludes halogenated alkanes) is 1. The Balaban J connectivity index is 2.11. The molecule has 1 rings (SSSR count). The molecule has 1 aliphatic carbocycles. The Morgan fingerprint density at radius 1 is 1.27 bits per heavy atom. The third-order valence-electron chi connectivity index (χ3n) is 4.11. The van der Waals surface area contributed by atoms with Gasteiger partial charge in [-0.1, -0.05) is 11.6 Å². The van der Waals surface area contributed by atoms with Gasteiger partial charge in [-0.25, -0.2) is 4.79 Å². The van der Waals surface area contributed by atoms with Crippen LogP contribution in [0.5, 0.6) is 0 Å². The molecule has 4 nitrogen and oxygen atoms in total. The molecule has 1 saturated carbocycles. The van der Waals surface area contributed by atoms with E-state index in [0.29, 0.717) is 6.10 Å². The zero-order valence-electron chi connectivity index (χ0n) is 15.1. The molecule has 0 bridgehead atoms. The lowest BCUT2D eigenvalue weighted by Gasteiger charge is -2.41. The summed E-state index contributed by atoms with van der Waals surface area (Å²) in [5.74, 6) is 0. The molecule has 1 amide bonds. The molecule has 0 atom stereocenters. The van der Waals surface area contributed by atoms with Crippen molar-refractivity contribution < 1.29 is 14.3 Å². The quantitative estimate of drug-likeness (QED) is 0.512. The van der Waals surface area contributed by atoms with Crippen molar-refractivity contribution in [3.63, 3.8) is 0 Å². The predicted molar refractivity (Wildman–Crippen MR) is 90.0 cm³/mol. The van der Waals surface area contributed by atoms with Gasteiger partial charge in [0, 0.05) is 19.7 Å². The summed E-state index contributed by atoms with van der Waals surface area (Å²) in [5.41, 5.74) is 1.01. The van der Waals surface area contributed by atoms with Crippen LogP contribution in [0.2, 0.25) is 0 Å². The van der Waals surface area contributed by atoms with E-state index >= 15 is 0 Å². The van der Waals surface area contributed by atoms with Crippen molar-refractivity contribution in [2.24, 2.45) is 0 Å². The van der Waals surface area contributed by atoms with E-state index in [1.54, 1.807) is 4.90 Å². The highest BCUT2D eigenvalue weighted by molar-refractivity contribution is 5.68. The van der Waals surface area contributed by atoms with E-state index in [0.717, 1.165) is 32.3 Å². The molecule has 4 heteroatoms. The Morgan fingerprint density at radius 2 is 1.91 bits per heavy atom. The zero-order valence-corrected chi connectivity index (χ0v) is 15.1. The van der Waals surface area contributed by atoms with Gasteiger partial charge in [0.25, 0.3) is 0 Å². The van der Waals surface area contributed by atoms with Crippen molar-refractivity contribution in [1.82, 2.24) is 4.90 Å². The van der Waals surface area contributed by atoms with Crippen LogP contribution in [-0.2, 0) is 9.47 Å². The molecule has 0 spiro atoms. The molecule has 0 N–H and O–H groups in total. The van der Waals surface area contributed by atoms with Gasteiger partial charge in [-0.3, -0.25) is 0 Å². The zero-order chi connectivity index (χ0) is 16.8. The summed E-state index contributed by atoms with van der Waals surface area (Å²) in [7, 11) is 1.81. The van der Waals surface area contributed by atoms with Gasteiger partial charge in [0.15, 0.2) is 0 Å². The number of amides is 1. The van der Waals surface area contributed by atoms with Crippen molar-refractivity contribution in [2.75, 3.05) is 13.7 Å². The second-order valence-electron chi connectivity index (χ2n) is 7.30. The summed E-state index contributed by atoms with van der Waals surface area (Å²) in [5, 5.41) is 0. The van der Waals surface area contributed by atoms with Gasteiger partial charge in [-0.15, -0.1) is 0 Å². The number of hydrogen-bond donors (Lipinski definition) is 0. The SMILES string of the molecule is C/C=C(\C)CCCCOC1CC(N(C)C(=O)OC(C)(C)C)C1. The maximum Gasteiger partial charge on any atom is 0.410 e. The standard InChI is InChI=1S/C18H33NO3/c1-7-14(2)10-8-9-11-21-16-12-15(13-16)19(6)17(20)22-18(3,4)5/h7,15-16H,8-13H2,1-6H3/b14-7+. The Kier molecular flexibility index (Phi) is 7.40. The second kappa shape index (κ2) is 8.56. The number of carbonyl (C=O) groups excluding carboxylic acids is 1. The summed E-state index contributed by atoms with van der Waals surface area (Å²) < 4.78 is 11.2. The monoisotopic (exact) mass is 311 g/mol. The van der Waals surface area contributed by atoms with Crippen LogP contribution >= 0.6 is 0 Å². The van der Waals surface area contributed by atoms with Gasteiger partial charge in [-0.05, 0) is 66.7 Å². The third kappa shape index (κ3) is 6.82. The summed E-state index contributed by atoms with van der Waals surface area (Å²) >= 11 is 0. The number of allylic oxidation sites excluding steroid dienone is 2. The molecular formula is C18H33NO3. The molecule has 0 aromatic rings. The Bertz CT molecular complexity index is 378. The normalized spacial score (nSPS) is 22.2. The van der Waals surface area contributed by atoms with E-state index in [2.05, 4.69) is 19.9 Å². The first-order chi connectivity index (χ1) is 10.2. The predicted octanol–water partition coefficient (Wildman–Crippen LogP) is 4.54. The van der Waals surface area contributed by atoms with Crippen LogP contribution in [0.15, 0.2) is 11.6 Å². The van der Waals surface area contributed by atoms with Gasteiger partial charge in [-0.2, -0.15) is 0 Å². The lowest BCUT2D eigenvalue weighted by molar-refractivity contribution is -0.0517. The van der Waals surface area contributed by atoms with Gasteiger partial charge in [0.1, 0.15) is 5.60 Å². The van der Waals surface area contributed by atoms with Crippen molar-refractivity contribution in [3.05, 3.63) is 11.6 Å². The highest BCUT2D eigenvalue weighted by Gasteiger charge is 2.36. The minimum Gasteiger partial charge on any atom is -0.444 e. The lowest BCUT2D eigenvalue weighted by atomic mass is 9.88. The Morgan fingerprint density at radius 3 is 2.45 bits per heavy atom. The molecule has 0 unspecified atom stereocenters. The van der Waals surface area contributed by atoms with Crippen LogP contribution in [0.25, 0.3) is 0 Å². The maximum absolute atomic E-state index is 11.9. The molecule has 0 heterocycles. The first-order valence-electron chi connectivity index (χ1n) is 8.42. The minimum atomic E-state index is -0.434. The lowest BCUT2D eigenvalue weighted by Crippen LogP contribution is -2.50. The van der Waals surface area contributed by atoms with Crippen molar-refractivity contribution in [1.29, 1.82) is 0 Å². The Hall–Kier alpha value is -1.03. The highest BCUT2D eigenvalue weighted by Crippen LogP contribution is 2.28. The number of nitrogens with zero attached hydrogens (tertiary/aromatic N) is 1. The van der Waals surface area contributed by atoms with Crippen molar-refractivity contribution in [3.8, 4) is 0 Å². The first kappa shape index (κ1) is 19.0. The third-order valence-corrected chi connectivity index (χ3v) is 4.11. The van der Waals surface area contributed by atoms with E-state index in [1.165, 1.54) is 12.0 Å². The topological polar surface area (TPSA) is 38.8 Å². The average Bonchev–Trinajstić information content (AvgIpc) is 2.37. The van der Waals surface area contributed by atoms with Gasteiger partial charge >= 0.3 is 6.09 Å². The molecule has 0 radical (unpaired) electrons. The maximum atomic E-state index is 11.9. The molecule has 128 valence electrons. The summed E-state index contributed by atoms with van der Waals surface area (Å²) in [6.07, 6.45) is 7.53. The van der Waals surface area contributed by atoms with Crippen LogP contribution in [0.1, 0.15) is 66.7 Å². The number of ether oxygens (including phenoxy) is 2. The van der Waals surface area contributed by atoms with Crippen LogP contribution in [-0.4, -0.2) is 42.4 Å². The molecule has 0 aromatic carbocycles. The molecule has 0 saturated heterocycles. The summed E-state index contributed by atoms with van der Waals surface area (Å²) in [4.78, 5) is 13.7. The first-order valence-corrected chi connectivity index (χ1v) is 8.42. The van der Waals surface area contributed by atoms with E-state index in [-0.39, 0.29) is 12.1 Å². The molecule has 22 heavy (non-hydrogen) atoms. The van der Waals surface area contributed by atoms with E-state index < -0.39 is 5.60 Å². The molecule has 1 fully saturated rings. The van der Waals surface area contributed by atoms with Gasteiger partial charge < -0.3 is 14.4 Å². The van der Waals surface area contributed by atoms with E-state index in [1.807, 2.05) is 27.8 Å². The average molecular weight is 311 g/mol. The van der Waals surface area contributed by atoms with Crippen LogP contribution in [0, 0.1) is 0 Å². The van der Waals surface area contributed by atoms with Gasteiger partial charge in [0.2, 0.25) is 0 Å². The van der Waals surface area contributed by atoms with Gasteiger partial charge in [0.05, 0.1) is 6.10 Å². The Labute approximate surface area is 135 Å². The number of carbonyl (C=O) groups is 1. The molecule has 1 aliphatic rings. The number of hydrogen-bond acceptors (Lipinski definition) is 3. The van der Waals surface area contributed by atoms with Crippen molar-refractivity contribution in [2.45, 2.75) is 84.5 Å². The smallest absolute Gasteiger partial charge is 0.410 e. The summed E-state index contributed by atoms with van der Waals surface area (Å²) in [6, 6.07) is 0.255. The molecule has 0 aromatic heterocycles. The molecular weight excluding hydrogens is 278 g/mol. The highest BCUT2D eigenvalue weighted by atomic mass is 16.6. The fourth-order valence-electron chi connectivity index (χ4n) is 2.37.